The van der Waals surface area contributed by atoms with Crippen molar-refractivity contribution in [2.45, 2.75) is 9.79 Å². The van der Waals surface area contributed by atoms with Gasteiger partial charge in [0.15, 0.2) is 0 Å². The maximum atomic E-state index is 12.2. The van der Waals surface area contributed by atoms with Crippen LogP contribution in [0.2, 0.25) is 0 Å². The fourth-order valence-electron chi connectivity index (χ4n) is 1.45. The van der Waals surface area contributed by atoms with Gasteiger partial charge in [-0.05, 0) is 24.3 Å². The Bertz CT molecular complexity index is 597. The largest absolute Gasteiger partial charge is 0.398 e. The molecule has 0 heterocycles. The molecule has 2 rings (SSSR count). The molecule has 2 N–H and O–H groups in total. The third-order valence-electron chi connectivity index (χ3n) is 2.26. The zero-order chi connectivity index (χ0) is 11.6. The van der Waals surface area contributed by atoms with Crippen LogP contribution in [0, 0.1) is 0 Å². The second-order valence-electron chi connectivity index (χ2n) is 3.35. The van der Waals surface area contributed by atoms with Crippen LogP contribution in [0.15, 0.2) is 64.4 Å². The predicted molar refractivity (Wildman–Crippen MR) is 70.0 cm³/mol. The molecule has 0 atom stereocenters. The Labute approximate surface area is 107 Å². The first kappa shape index (κ1) is 13.5. The summed E-state index contributed by atoms with van der Waals surface area (Å²) < 4.78 is 24.3. The maximum Gasteiger partial charge on any atom is 0.208 e. The summed E-state index contributed by atoms with van der Waals surface area (Å²) in [5.41, 5.74) is 5.93. The monoisotopic (exact) mass is 269 g/mol. The second-order valence-corrected chi connectivity index (χ2v) is 5.27. The van der Waals surface area contributed by atoms with Crippen molar-refractivity contribution in [2.24, 2.45) is 0 Å². The predicted octanol–water partition coefficient (Wildman–Crippen LogP) is 2.52. The first-order valence-corrected chi connectivity index (χ1v) is 6.25. The lowest BCUT2D eigenvalue weighted by Gasteiger charge is -2.06. The van der Waals surface area contributed by atoms with Gasteiger partial charge in [0.05, 0.1) is 15.5 Å². The van der Waals surface area contributed by atoms with Crippen molar-refractivity contribution in [1.82, 2.24) is 0 Å². The summed E-state index contributed by atoms with van der Waals surface area (Å²) in [6, 6.07) is 14.7. The molecule has 5 heteroatoms. The fraction of sp³-hybridized carbons (Fsp3) is 0. The van der Waals surface area contributed by atoms with E-state index in [4.69, 9.17) is 5.73 Å². The van der Waals surface area contributed by atoms with Gasteiger partial charge in [-0.3, -0.25) is 0 Å². The van der Waals surface area contributed by atoms with E-state index in [1.807, 2.05) is 0 Å². The molecule has 0 radical (unpaired) electrons. The first-order valence-electron chi connectivity index (χ1n) is 4.77. The summed E-state index contributed by atoms with van der Waals surface area (Å²) in [6.07, 6.45) is 0. The van der Waals surface area contributed by atoms with Crippen molar-refractivity contribution >= 4 is 27.9 Å². The molecular weight excluding hydrogens is 258 g/mol. The SMILES string of the molecule is Cl.Nc1ccccc1S(=O)(=O)c1ccccc1. The zero-order valence-electron chi connectivity index (χ0n) is 8.91. The highest BCUT2D eigenvalue weighted by molar-refractivity contribution is 7.91. The molecule has 0 bridgehead atoms. The molecule has 0 aliphatic rings. The number of anilines is 1. The van der Waals surface area contributed by atoms with Crippen LogP contribution in [0.1, 0.15) is 0 Å². The summed E-state index contributed by atoms with van der Waals surface area (Å²) >= 11 is 0. The summed E-state index contributed by atoms with van der Waals surface area (Å²) in [5, 5.41) is 0. The quantitative estimate of drug-likeness (QED) is 0.852. The van der Waals surface area contributed by atoms with Crippen LogP contribution in [0.3, 0.4) is 0 Å². The Kier molecular flexibility index (Phi) is 4.15. The topological polar surface area (TPSA) is 60.2 Å². The highest BCUT2D eigenvalue weighted by Gasteiger charge is 2.19. The minimum Gasteiger partial charge on any atom is -0.398 e. The van der Waals surface area contributed by atoms with E-state index in [0.717, 1.165) is 0 Å². The van der Waals surface area contributed by atoms with Crippen molar-refractivity contribution in [3.63, 3.8) is 0 Å². The fourth-order valence-corrected chi connectivity index (χ4v) is 2.86. The van der Waals surface area contributed by atoms with E-state index in [0.29, 0.717) is 0 Å². The first-order chi connectivity index (χ1) is 7.62. The van der Waals surface area contributed by atoms with E-state index >= 15 is 0 Å². The van der Waals surface area contributed by atoms with Crippen LogP contribution in [-0.4, -0.2) is 8.42 Å². The molecule has 0 aliphatic carbocycles. The van der Waals surface area contributed by atoms with Crippen LogP contribution in [0.25, 0.3) is 0 Å². The summed E-state index contributed by atoms with van der Waals surface area (Å²) in [7, 11) is -3.49. The Balaban J connectivity index is 0.00000144. The second kappa shape index (κ2) is 5.21. The van der Waals surface area contributed by atoms with Crippen LogP contribution >= 0.6 is 12.4 Å². The lowest BCUT2D eigenvalue weighted by Crippen LogP contribution is -2.05. The number of halogens is 1. The molecular formula is C12H12ClNO2S. The highest BCUT2D eigenvalue weighted by Crippen LogP contribution is 2.24. The van der Waals surface area contributed by atoms with Crippen LogP contribution in [0.4, 0.5) is 5.69 Å². The highest BCUT2D eigenvalue weighted by atomic mass is 35.5. The Hall–Kier alpha value is -1.52. The smallest absolute Gasteiger partial charge is 0.208 e. The number of para-hydroxylation sites is 1. The van der Waals surface area contributed by atoms with E-state index in [2.05, 4.69) is 0 Å². The van der Waals surface area contributed by atoms with Crippen molar-refractivity contribution in [2.75, 3.05) is 5.73 Å². The number of sulfone groups is 1. The van der Waals surface area contributed by atoms with E-state index in [-0.39, 0.29) is 27.9 Å². The molecule has 0 saturated carbocycles. The molecule has 0 fully saturated rings. The van der Waals surface area contributed by atoms with Gasteiger partial charge in [-0.2, -0.15) is 0 Å². The van der Waals surface area contributed by atoms with E-state index < -0.39 is 9.84 Å². The van der Waals surface area contributed by atoms with Gasteiger partial charge in [0.2, 0.25) is 9.84 Å². The number of nitrogens with two attached hydrogens (primary N) is 1. The van der Waals surface area contributed by atoms with Crippen LogP contribution < -0.4 is 5.73 Å². The molecule has 3 nitrogen and oxygen atoms in total. The van der Waals surface area contributed by atoms with Crippen LogP contribution in [0.5, 0.6) is 0 Å². The standard InChI is InChI=1S/C12H11NO2S.ClH/c13-11-8-4-5-9-12(11)16(14,15)10-6-2-1-3-7-10;/h1-9H,13H2;1H. The molecule has 90 valence electrons. The van der Waals surface area contributed by atoms with Gasteiger partial charge in [-0.1, -0.05) is 30.3 Å². The molecule has 0 unspecified atom stereocenters. The lowest BCUT2D eigenvalue weighted by molar-refractivity contribution is 0.596. The van der Waals surface area contributed by atoms with Gasteiger partial charge in [-0.15, -0.1) is 12.4 Å². The van der Waals surface area contributed by atoms with Gasteiger partial charge in [0, 0.05) is 0 Å². The molecule has 2 aromatic rings. The number of benzene rings is 2. The van der Waals surface area contributed by atoms with Crippen LogP contribution in [-0.2, 0) is 9.84 Å². The third-order valence-corrected chi connectivity index (χ3v) is 4.11. The Morgan fingerprint density at radius 3 is 1.94 bits per heavy atom. The number of nitrogen functional groups attached to an aromatic ring is 1. The number of rotatable bonds is 2. The normalized spacial score (nSPS) is 10.6. The minimum absolute atomic E-state index is 0. The maximum absolute atomic E-state index is 12.2. The summed E-state index contributed by atoms with van der Waals surface area (Å²) in [4.78, 5) is 0.411. The third kappa shape index (κ3) is 2.60. The minimum atomic E-state index is -3.49. The van der Waals surface area contributed by atoms with Crippen molar-refractivity contribution in [3.05, 3.63) is 54.6 Å². The number of hydrogen-bond acceptors (Lipinski definition) is 3. The molecule has 2 aromatic carbocycles. The molecule has 0 aromatic heterocycles. The molecule has 0 spiro atoms. The average molecular weight is 270 g/mol. The summed E-state index contributed by atoms with van der Waals surface area (Å²) in [6.45, 7) is 0. The van der Waals surface area contributed by atoms with E-state index in [1.165, 1.54) is 6.07 Å². The molecule has 0 amide bonds. The van der Waals surface area contributed by atoms with Gasteiger partial charge in [0.25, 0.3) is 0 Å². The number of hydrogen-bond donors (Lipinski definition) is 1. The Morgan fingerprint density at radius 2 is 1.35 bits per heavy atom. The molecule has 0 saturated heterocycles. The van der Waals surface area contributed by atoms with Gasteiger partial charge < -0.3 is 5.73 Å². The lowest BCUT2D eigenvalue weighted by atomic mass is 10.3. The van der Waals surface area contributed by atoms with Crippen molar-refractivity contribution in [3.8, 4) is 0 Å². The van der Waals surface area contributed by atoms with Crippen molar-refractivity contribution in [1.29, 1.82) is 0 Å². The van der Waals surface area contributed by atoms with Crippen molar-refractivity contribution < 1.29 is 8.42 Å². The van der Waals surface area contributed by atoms with Gasteiger partial charge in [-0.25, -0.2) is 8.42 Å². The van der Waals surface area contributed by atoms with Gasteiger partial charge >= 0.3 is 0 Å². The zero-order valence-corrected chi connectivity index (χ0v) is 10.5. The summed E-state index contributed by atoms with van der Waals surface area (Å²) in [5.74, 6) is 0. The van der Waals surface area contributed by atoms with E-state index in [9.17, 15) is 8.42 Å². The molecule has 0 aliphatic heterocycles. The average Bonchev–Trinajstić information content (AvgIpc) is 2.30. The van der Waals surface area contributed by atoms with E-state index in [1.54, 1.807) is 48.5 Å². The Morgan fingerprint density at radius 1 is 0.824 bits per heavy atom. The van der Waals surface area contributed by atoms with Gasteiger partial charge in [0.1, 0.15) is 0 Å². The molecule has 17 heavy (non-hydrogen) atoms.